The van der Waals surface area contributed by atoms with Crippen molar-refractivity contribution >= 4 is 11.7 Å². The van der Waals surface area contributed by atoms with Crippen LogP contribution in [0.4, 0.5) is 10.2 Å². The average Bonchev–Trinajstić information content (AvgIpc) is 2.86. The molecule has 1 saturated heterocycles. The Morgan fingerprint density at radius 1 is 0.971 bits per heavy atom. The van der Waals surface area contributed by atoms with Gasteiger partial charge in [0.25, 0.3) is 5.91 Å². The normalized spacial score (nSPS) is 13.7. The number of piperazine rings is 1. The van der Waals surface area contributed by atoms with Gasteiger partial charge in [-0.3, -0.25) is 4.79 Å². The number of methoxy groups -OCH3 is 2. The van der Waals surface area contributed by atoms with Crippen LogP contribution >= 0.6 is 0 Å². The van der Waals surface area contributed by atoms with E-state index in [0.29, 0.717) is 61.1 Å². The summed E-state index contributed by atoms with van der Waals surface area (Å²) in [5, 5.41) is 0. The predicted molar refractivity (Wildman–Crippen MR) is 128 cm³/mol. The first-order valence-electron chi connectivity index (χ1n) is 11.2. The van der Waals surface area contributed by atoms with Crippen molar-refractivity contribution in [2.24, 2.45) is 0 Å². The molecule has 1 fully saturated rings. The Balaban J connectivity index is 1.53. The van der Waals surface area contributed by atoms with Gasteiger partial charge in [-0.15, -0.1) is 0 Å². The highest BCUT2D eigenvalue weighted by atomic mass is 19.1. The van der Waals surface area contributed by atoms with Crippen LogP contribution in [-0.2, 0) is 6.42 Å². The summed E-state index contributed by atoms with van der Waals surface area (Å²) in [6.45, 7) is 6.11. The summed E-state index contributed by atoms with van der Waals surface area (Å²) in [7, 11) is 3.12. The number of aromatic nitrogens is 2. The van der Waals surface area contributed by atoms with E-state index in [4.69, 9.17) is 14.5 Å². The molecule has 0 atom stereocenters. The number of hydrogen-bond donors (Lipinski definition) is 0. The van der Waals surface area contributed by atoms with E-state index in [1.807, 2.05) is 24.8 Å². The molecule has 0 spiro atoms. The van der Waals surface area contributed by atoms with Gasteiger partial charge in [0.2, 0.25) is 0 Å². The van der Waals surface area contributed by atoms with Gasteiger partial charge in [-0.2, -0.15) is 0 Å². The van der Waals surface area contributed by atoms with E-state index in [2.05, 4.69) is 9.88 Å². The standard InChI is InChI=1S/C26H29FN4O3/c1-17-23(15-19-7-5-6-8-24(19)27)25(29-18(2)28-17)30-9-11-31(12-10-30)26(32)20-13-21(33-3)16-22(14-20)34-4/h5-8,13-14,16H,9-12,15H2,1-4H3. The average molecular weight is 465 g/mol. The Morgan fingerprint density at radius 2 is 1.62 bits per heavy atom. The number of nitrogens with zero attached hydrogens (tertiary/aromatic N) is 4. The van der Waals surface area contributed by atoms with Crippen molar-refractivity contribution in [3.63, 3.8) is 0 Å². The fourth-order valence-electron chi connectivity index (χ4n) is 4.25. The number of halogens is 1. The molecule has 1 aliphatic heterocycles. The van der Waals surface area contributed by atoms with Crippen molar-refractivity contribution in [3.05, 3.63) is 76.5 Å². The quantitative estimate of drug-likeness (QED) is 0.553. The molecule has 0 N–H and O–H groups in total. The minimum atomic E-state index is -0.238. The molecule has 0 aliphatic carbocycles. The lowest BCUT2D eigenvalue weighted by atomic mass is 10.0. The monoisotopic (exact) mass is 464 g/mol. The van der Waals surface area contributed by atoms with Crippen molar-refractivity contribution < 1.29 is 18.7 Å². The summed E-state index contributed by atoms with van der Waals surface area (Å²) in [5.41, 5.74) is 2.89. The summed E-state index contributed by atoms with van der Waals surface area (Å²) in [5.74, 6) is 2.32. The van der Waals surface area contributed by atoms with Gasteiger partial charge >= 0.3 is 0 Å². The van der Waals surface area contributed by atoms with Crippen LogP contribution in [-0.4, -0.2) is 61.2 Å². The topological polar surface area (TPSA) is 67.8 Å². The molecule has 2 heterocycles. The number of hydrogen-bond acceptors (Lipinski definition) is 6. The lowest BCUT2D eigenvalue weighted by Gasteiger charge is -2.36. The van der Waals surface area contributed by atoms with Crippen molar-refractivity contribution in [2.75, 3.05) is 45.3 Å². The van der Waals surface area contributed by atoms with E-state index in [-0.39, 0.29) is 11.7 Å². The molecule has 7 nitrogen and oxygen atoms in total. The Labute approximate surface area is 199 Å². The minimum Gasteiger partial charge on any atom is -0.497 e. The molecule has 1 aromatic heterocycles. The molecule has 0 saturated carbocycles. The number of anilines is 1. The highest BCUT2D eigenvalue weighted by Crippen LogP contribution is 2.27. The van der Waals surface area contributed by atoms with Gasteiger partial charge in [-0.1, -0.05) is 18.2 Å². The number of ether oxygens (including phenoxy) is 2. The fraction of sp³-hybridized carbons (Fsp3) is 0.346. The maximum Gasteiger partial charge on any atom is 0.254 e. The summed E-state index contributed by atoms with van der Waals surface area (Å²) < 4.78 is 25.0. The number of amides is 1. The number of carbonyl (C=O) groups is 1. The van der Waals surface area contributed by atoms with E-state index >= 15 is 0 Å². The molecule has 3 aromatic rings. The van der Waals surface area contributed by atoms with Gasteiger partial charge in [-0.05, 0) is 37.6 Å². The predicted octanol–water partition coefficient (Wildman–Crippen LogP) is 3.80. The van der Waals surface area contributed by atoms with Gasteiger partial charge in [0.15, 0.2) is 0 Å². The van der Waals surface area contributed by atoms with Gasteiger partial charge in [-0.25, -0.2) is 14.4 Å². The molecule has 34 heavy (non-hydrogen) atoms. The van der Waals surface area contributed by atoms with E-state index in [9.17, 15) is 9.18 Å². The first kappa shape index (κ1) is 23.5. The molecule has 2 aromatic carbocycles. The van der Waals surface area contributed by atoms with E-state index in [0.717, 1.165) is 17.1 Å². The van der Waals surface area contributed by atoms with Gasteiger partial charge in [0.05, 0.1) is 14.2 Å². The highest BCUT2D eigenvalue weighted by molar-refractivity contribution is 5.95. The first-order valence-corrected chi connectivity index (χ1v) is 11.2. The molecule has 0 bridgehead atoms. The van der Waals surface area contributed by atoms with Crippen LogP contribution in [0.25, 0.3) is 0 Å². The van der Waals surface area contributed by atoms with Gasteiger partial charge in [0, 0.05) is 55.5 Å². The number of carbonyl (C=O) groups excluding carboxylic acids is 1. The van der Waals surface area contributed by atoms with Crippen molar-refractivity contribution in [1.82, 2.24) is 14.9 Å². The second-order valence-corrected chi connectivity index (χ2v) is 8.31. The molecule has 4 rings (SSSR count). The zero-order valence-corrected chi connectivity index (χ0v) is 20.0. The maximum absolute atomic E-state index is 14.4. The fourth-order valence-corrected chi connectivity index (χ4v) is 4.25. The van der Waals surface area contributed by atoms with Gasteiger partial charge in [0.1, 0.15) is 29.0 Å². The minimum absolute atomic E-state index is 0.0709. The second-order valence-electron chi connectivity index (χ2n) is 8.31. The van der Waals surface area contributed by atoms with E-state index in [1.165, 1.54) is 6.07 Å². The third kappa shape index (κ3) is 4.95. The van der Waals surface area contributed by atoms with E-state index in [1.54, 1.807) is 44.6 Å². The van der Waals surface area contributed by atoms with Gasteiger partial charge < -0.3 is 19.3 Å². The van der Waals surface area contributed by atoms with Crippen LogP contribution in [0.5, 0.6) is 11.5 Å². The van der Waals surface area contributed by atoms with Crippen LogP contribution in [0.1, 0.15) is 33.0 Å². The molecule has 1 amide bonds. The van der Waals surface area contributed by atoms with Crippen molar-refractivity contribution in [1.29, 1.82) is 0 Å². The lowest BCUT2D eigenvalue weighted by molar-refractivity contribution is 0.0745. The summed E-state index contributed by atoms with van der Waals surface area (Å²) >= 11 is 0. The molecule has 8 heteroatoms. The Bertz CT molecular complexity index is 1170. The Hall–Kier alpha value is -3.68. The number of aryl methyl sites for hydroxylation is 2. The second kappa shape index (κ2) is 10.1. The molecular weight excluding hydrogens is 435 g/mol. The van der Waals surface area contributed by atoms with Crippen LogP contribution in [0.2, 0.25) is 0 Å². The maximum atomic E-state index is 14.4. The largest absolute Gasteiger partial charge is 0.497 e. The van der Waals surface area contributed by atoms with Crippen LogP contribution in [0.3, 0.4) is 0 Å². The number of rotatable bonds is 6. The van der Waals surface area contributed by atoms with Crippen molar-refractivity contribution in [2.45, 2.75) is 20.3 Å². The van der Waals surface area contributed by atoms with Crippen molar-refractivity contribution in [3.8, 4) is 11.5 Å². The smallest absolute Gasteiger partial charge is 0.254 e. The van der Waals surface area contributed by atoms with Crippen LogP contribution in [0.15, 0.2) is 42.5 Å². The summed E-state index contributed by atoms with van der Waals surface area (Å²) in [6, 6.07) is 12.0. The molecular formula is C26H29FN4O3. The molecule has 178 valence electrons. The summed E-state index contributed by atoms with van der Waals surface area (Å²) in [4.78, 5) is 26.4. The van der Waals surface area contributed by atoms with E-state index < -0.39 is 0 Å². The zero-order valence-electron chi connectivity index (χ0n) is 20.0. The Morgan fingerprint density at radius 3 is 2.24 bits per heavy atom. The highest BCUT2D eigenvalue weighted by Gasteiger charge is 2.26. The molecule has 1 aliphatic rings. The molecule has 0 unspecified atom stereocenters. The third-order valence-electron chi connectivity index (χ3n) is 6.09. The SMILES string of the molecule is COc1cc(OC)cc(C(=O)N2CCN(c3nc(C)nc(C)c3Cc3ccccc3F)CC2)c1. The zero-order chi connectivity index (χ0) is 24.2. The first-order chi connectivity index (χ1) is 16.4. The van der Waals surface area contributed by atoms with Crippen LogP contribution in [0, 0.1) is 19.7 Å². The van der Waals surface area contributed by atoms with Crippen LogP contribution < -0.4 is 14.4 Å². The molecule has 0 radical (unpaired) electrons. The lowest BCUT2D eigenvalue weighted by Crippen LogP contribution is -2.49. The third-order valence-corrected chi connectivity index (χ3v) is 6.09. The summed E-state index contributed by atoms with van der Waals surface area (Å²) in [6.07, 6.45) is 0.414. The Kier molecular flexibility index (Phi) is 6.95. The number of benzene rings is 2.